The van der Waals surface area contributed by atoms with Crippen LogP contribution in [-0.2, 0) is 0 Å². The van der Waals surface area contributed by atoms with E-state index >= 15 is 0 Å². The van der Waals surface area contributed by atoms with Crippen molar-refractivity contribution >= 4 is 5.91 Å². The van der Waals surface area contributed by atoms with E-state index in [4.69, 9.17) is 5.73 Å². The summed E-state index contributed by atoms with van der Waals surface area (Å²) in [4.78, 5) is 29.0. The van der Waals surface area contributed by atoms with E-state index in [1.807, 2.05) is 0 Å². The van der Waals surface area contributed by atoms with Crippen molar-refractivity contribution in [1.82, 2.24) is 15.0 Å². The third-order valence-corrected chi connectivity index (χ3v) is 1.41. The van der Waals surface area contributed by atoms with Gasteiger partial charge in [0.2, 0.25) is 5.56 Å². The molecule has 0 saturated carbocycles. The van der Waals surface area contributed by atoms with Gasteiger partial charge in [0.25, 0.3) is 5.91 Å². The number of aromatic amines is 2. The Morgan fingerprint density at radius 3 is 2.33 bits per heavy atom. The second-order valence-electron chi connectivity index (χ2n) is 2.53. The van der Waals surface area contributed by atoms with E-state index in [-0.39, 0.29) is 11.4 Å². The number of carbonyl (C=O) groups excluding carboxylic acids is 1. The van der Waals surface area contributed by atoms with Crippen LogP contribution in [0, 0.1) is 0 Å². The van der Waals surface area contributed by atoms with Gasteiger partial charge in [-0.15, -0.1) is 0 Å². The molecular formula is C9H10N4O2. The number of pyridine rings is 1. The fourth-order valence-corrected chi connectivity index (χ4v) is 0.777. The number of nitrogens with zero attached hydrogens (tertiary/aromatic N) is 1. The number of rotatable bonds is 1. The van der Waals surface area contributed by atoms with Crippen molar-refractivity contribution in [3.05, 3.63) is 53.0 Å². The first-order valence-corrected chi connectivity index (χ1v) is 4.13. The van der Waals surface area contributed by atoms with Gasteiger partial charge in [-0.05, 0) is 6.07 Å². The molecule has 0 aromatic carbocycles. The van der Waals surface area contributed by atoms with Crippen LogP contribution in [0.2, 0.25) is 0 Å². The van der Waals surface area contributed by atoms with E-state index in [0.29, 0.717) is 0 Å². The molecule has 0 fully saturated rings. The number of amides is 1. The molecule has 0 aliphatic carbocycles. The van der Waals surface area contributed by atoms with Crippen molar-refractivity contribution in [3.63, 3.8) is 0 Å². The summed E-state index contributed by atoms with van der Waals surface area (Å²) in [5.41, 5.74) is 4.77. The maximum atomic E-state index is 10.2. The van der Waals surface area contributed by atoms with E-state index in [9.17, 15) is 9.59 Å². The number of hydrogen-bond donors (Lipinski definition) is 3. The topological polar surface area (TPSA) is 105 Å². The summed E-state index contributed by atoms with van der Waals surface area (Å²) >= 11 is 0. The minimum Gasteiger partial charge on any atom is -0.363 e. The molecule has 0 aliphatic heterocycles. The van der Waals surface area contributed by atoms with Crippen LogP contribution in [0.25, 0.3) is 0 Å². The summed E-state index contributed by atoms with van der Waals surface area (Å²) in [5, 5.41) is 0. The minimum atomic E-state index is -0.532. The lowest BCUT2D eigenvalue weighted by Gasteiger charge is -1.80. The van der Waals surface area contributed by atoms with E-state index in [0.717, 1.165) is 0 Å². The molecule has 6 heteroatoms. The molecule has 2 aromatic heterocycles. The van der Waals surface area contributed by atoms with Crippen molar-refractivity contribution in [2.75, 3.05) is 0 Å². The molecule has 0 unspecified atom stereocenters. The van der Waals surface area contributed by atoms with E-state index in [1.165, 1.54) is 12.3 Å². The molecule has 0 aliphatic rings. The van der Waals surface area contributed by atoms with Crippen LogP contribution in [0.1, 0.15) is 10.6 Å². The highest BCUT2D eigenvalue weighted by atomic mass is 16.1. The quantitative estimate of drug-likeness (QED) is 0.605. The first kappa shape index (κ1) is 10.7. The number of nitrogens with two attached hydrogens (primary N) is 1. The predicted octanol–water partition coefficient (Wildman–Crippen LogP) is -0.117. The zero-order valence-electron chi connectivity index (χ0n) is 7.81. The van der Waals surface area contributed by atoms with Crippen molar-refractivity contribution in [1.29, 1.82) is 0 Å². The number of nitrogens with one attached hydrogen (secondary N) is 2. The van der Waals surface area contributed by atoms with Gasteiger partial charge in [-0.3, -0.25) is 9.59 Å². The van der Waals surface area contributed by atoms with Gasteiger partial charge >= 0.3 is 0 Å². The van der Waals surface area contributed by atoms with E-state index in [2.05, 4.69) is 15.0 Å². The van der Waals surface area contributed by atoms with E-state index < -0.39 is 5.91 Å². The molecule has 0 radical (unpaired) electrons. The van der Waals surface area contributed by atoms with Gasteiger partial charge in [-0.1, -0.05) is 6.07 Å². The SMILES string of the molecule is NC(=O)c1ncc[nH]1.O=c1cccc[nH]1. The highest BCUT2D eigenvalue weighted by molar-refractivity contribution is 5.88. The van der Waals surface area contributed by atoms with Crippen molar-refractivity contribution in [2.24, 2.45) is 5.73 Å². The van der Waals surface area contributed by atoms with Gasteiger partial charge in [-0.2, -0.15) is 0 Å². The highest BCUT2D eigenvalue weighted by Crippen LogP contribution is 1.82. The summed E-state index contributed by atoms with van der Waals surface area (Å²) in [6.07, 6.45) is 4.61. The largest absolute Gasteiger partial charge is 0.363 e. The molecule has 0 bridgehead atoms. The van der Waals surface area contributed by atoms with Crippen LogP contribution in [0.5, 0.6) is 0 Å². The zero-order valence-corrected chi connectivity index (χ0v) is 7.81. The molecule has 15 heavy (non-hydrogen) atoms. The Morgan fingerprint density at radius 2 is 2.07 bits per heavy atom. The lowest BCUT2D eigenvalue weighted by molar-refractivity contribution is 0.0991. The maximum Gasteiger partial charge on any atom is 0.284 e. The normalized spacial score (nSPS) is 8.80. The molecular weight excluding hydrogens is 196 g/mol. The van der Waals surface area contributed by atoms with Crippen LogP contribution >= 0.6 is 0 Å². The van der Waals surface area contributed by atoms with Gasteiger partial charge in [0.1, 0.15) is 0 Å². The Labute approximate surface area is 85.2 Å². The number of imidazole rings is 1. The van der Waals surface area contributed by atoms with E-state index in [1.54, 1.807) is 24.5 Å². The molecule has 4 N–H and O–H groups in total. The lowest BCUT2D eigenvalue weighted by Crippen LogP contribution is -2.12. The van der Waals surface area contributed by atoms with Crippen LogP contribution < -0.4 is 11.3 Å². The number of primary amides is 1. The lowest BCUT2D eigenvalue weighted by atomic mass is 10.5. The monoisotopic (exact) mass is 206 g/mol. The number of hydrogen-bond acceptors (Lipinski definition) is 3. The predicted molar refractivity (Wildman–Crippen MR) is 54.2 cm³/mol. The summed E-state index contributed by atoms with van der Waals surface area (Å²) in [6.45, 7) is 0. The van der Waals surface area contributed by atoms with Crippen molar-refractivity contribution in [2.45, 2.75) is 0 Å². The number of carbonyl (C=O) groups is 1. The zero-order chi connectivity index (χ0) is 11.1. The molecule has 0 saturated heterocycles. The average Bonchev–Trinajstić information content (AvgIpc) is 2.72. The molecule has 6 nitrogen and oxygen atoms in total. The highest BCUT2D eigenvalue weighted by Gasteiger charge is 1.97. The van der Waals surface area contributed by atoms with Crippen LogP contribution in [0.3, 0.4) is 0 Å². The van der Waals surface area contributed by atoms with Crippen molar-refractivity contribution in [3.8, 4) is 0 Å². The number of H-pyrrole nitrogens is 2. The minimum absolute atomic E-state index is 0.0532. The average molecular weight is 206 g/mol. The van der Waals surface area contributed by atoms with Crippen molar-refractivity contribution < 1.29 is 4.79 Å². The van der Waals surface area contributed by atoms with Crippen LogP contribution in [0.15, 0.2) is 41.6 Å². The molecule has 0 atom stereocenters. The first-order chi connectivity index (χ1) is 7.20. The van der Waals surface area contributed by atoms with Gasteiger partial charge in [0.15, 0.2) is 5.82 Å². The third-order valence-electron chi connectivity index (χ3n) is 1.41. The van der Waals surface area contributed by atoms with Gasteiger partial charge in [0.05, 0.1) is 0 Å². The van der Waals surface area contributed by atoms with Gasteiger partial charge < -0.3 is 15.7 Å². The molecule has 1 amide bonds. The second kappa shape index (κ2) is 5.38. The van der Waals surface area contributed by atoms with Gasteiger partial charge in [-0.25, -0.2) is 4.98 Å². The third kappa shape index (κ3) is 3.90. The molecule has 0 spiro atoms. The summed E-state index contributed by atoms with van der Waals surface area (Å²) < 4.78 is 0. The molecule has 78 valence electrons. The fraction of sp³-hybridized carbons (Fsp3) is 0. The molecule has 2 aromatic rings. The molecule has 2 heterocycles. The Kier molecular flexibility index (Phi) is 3.84. The van der Waals surface area contributed by atoms with Crippen LogP contribution in [-0.4, -0.2) is 20.9 Å². The fourth-order valence-electron chi connectivity index (χ4n) is 0.777. The standard InChI is InChI=1S/C5H5NO.C4H5N3O/c7-5-3-1-2-4-6-5;5-3(8)4-6-1-2-7-4/h1-4H,(H,6,7);1-2H,(H2,5,8)(H,6,7). The van der Waals surface area contributed by atoms with Crippen LogP contribution in [0.4, 0.5) is 0 Å². The molecule has 2 rings (SSSR count). The Balaban J connectivity index is 0.000000151. The Hall–Kier alpha value is -2.37. The second-order valence-corrected chi connectivity index (χ2v) is 2.53. The Bertz CT molecular complexity index is 443. The van der Waals surface area contributed by atoms with Gasteiger partial charge in [0, 0.05) is 24.7 Å². The maximum absolute atomic E-state index is 10.2. The first-order valence-electron chi connectivity index (χ1n) is 4.13. The summed E-state index contributed by atoms with van der Waals surface area (Å²) in [6, 6.07) is 4.93. The number of aromatic nitrogens is 3. The summed E-state index contributed by atoms with van der Waals surface area (Å²) in [5.74, 6) is -0.333. The summed E-state index contributed by atoms with van der Waals surface area (Å²) in [7, 11) is 0. The smallest absolute Gasteiger partial charge is 0.284 e. The Morgan fingerprint density at radius 1 is 1.27 bits per heavy atom.